The third-order valence-electron chi connectivity index (χ3n) is 6.27. The summed E-state index contributed by atoms with van der Waals surface area (Å²) < 4.78 is 12.9. The van der Waals surface area contributed by atoms with Crippen LogP contribution in [0.3, 0.4) is 0 Å². The van der Waals surface area contributed by atoms with Crippen LogP contribution in [0.4, 0.5) is 0 Å². The van der Waals surface area contributed by atoms with Crippen molar-refractivity contribution in [3.05, 3.63) is 77.2 Å². The molecule has 4 rings (SSSR count). The maximum atomic E-state index is 13.3. The standard InChI is InChI=1S/C29H35N5O3S/c1-20-6-7-26(37-11-8-33(3)4)15-27(20)29(35)32-21(2)22-12-23(14-24(13-22)28-17-30-19-38-28)25-16-31-34(18-25)9-10-36-5/h6-7,12-19,21H,8-11H2,1-5H3,(H,32,35)/t21-/m1/s1. The molecule has 1 amide bonds. The molecule has 38 heavy (non-hydrogen) atoms. The van der Waals surface area contributed by atoms with Gasteiger partial charge in [0, 0.05) is 37.2 Å². The number of aromatic nitrogens is 3. The molecule has 0 saturated heterocycles. The van der Waals surface area contributed by atoms with Crippen molar-refractivity contribution >= 4 is 17.2 Å². The normalized spacial score (nSPS) is 12.1. The number of rotatable bonds is 12. The van der Waals surface area contributed by atoms with Gasteiger partial charge in [0.2, 0.25) is 0 Å². The minimum Gasteiger partial charge on any atom is -0.492 e. The molecule has 0 aliphatic heterocycles. The van der Waals surface area contributed by atoms with E-state index in [0.29, 0.717) is 31.1 Å². The summed E-state index contributed by atoms with van der Waals surface area (Å²) in [5, 5.41) is 7.66. The van der Waals surface area contributed by atoms with Crippen molar-refractivity contribution in [3.8, 4) is 27.3 Å². The summed E-state index contributed by atoms with van der Waals surface area (Å²) in [7, 11) is 5.68. The van der Waals surface area contributed by atoms with Crippen molar-refractivity contribution in [2.75, 3.05) is 41.0 Å². The van der Waals surface area contributed by atoms with Crippen LogP contribution in [-0.4, -0.2) is 66.5 Å². The van der Waals surface area contributed by atoms with Crippen molar-refractivity contribution < 1.29 is 14.3 Å². The first-order valence-electron chi connectivity index (χ1n) is 12.6. The average molecular weight is 534 g/mol. The van der Waals surface area contributed by atoms with E-state index in [9.17, 15) is 4.79 Å². The van der Waals surface area contributed by atoms with Crippen LogP contribution in [-0.2, 0) is 11.3 Å². The first-order chi connectivity index (χ1) is 18.3. The van der Waals surface area contributed by atoms with Gasteiger partial charge in [-0.1, -0.05) is 6.07 Å². The van der Waals surface area contributed by atoms with Crippen molar-refractivity contribution in [1.82, 2.24) is 25.0 Å². The fourth-order valence-corrected chi connectivity index (χ4v) is 4.64. The predicted molar refractivity (Wildman–Crippen MR) is 152 cm³/mol. The lowest BCUT2D eigenvalue weighted by atomic mass is 9.97. The van der Waals surface area contributed by atoms with E-state index in [0.717, 1.165) is 39.2 Å². The molecule has 0 unspecified atom stereocenters. The Bertz CT molecular complexity index is 1350. The number of aryl methyl sites for hydroxylation is 1. The summed E-state index contributed by atoms with van der Waals surface area (Å²) >= 11 is 1.59. The van der Waals surface area contributed by atoms with E-state index in [4.69, 9.17) is 9.47 Å². The van der Waals surface area contributed by atoms with Gasteiger partial charge in [-0.25, -0.2) is 0 Å². The van der Waals surface area contributed by atoms with Gasteiger partial charge in [0.15, 0.2) is 0 Å². The number of methoxy groups -OCH3 is 1. The van der Waals surface area contributed by atoms with Crippen molar-refractivity contribution in [2.24, 2.45) is 0 Å². The molecule has 0 fully saturated rings. The SMILES string of the molecule is COCCn1cc(-c2cc(-c3cncs3)cc([C@@H](C)NC(=O)c3cc(OCCN(C)C)ccc3C)c2)cn1. The quantitative estimate of drug-likeness (QED) is 0.274. The molecule has 1 atom stereocenters. The smallest absolute Gasteiger partial charge is 0.252 e. The number of nitrogens with one attached hydrogen (secondary N) is 1. The molecule has 2 aromatic carbocycles. The summed E-state index contributed by atoms with van der Waals surface area (Å²) in [6, 6.07) is 11.8. The molecule has 0 aliphatic carbocycles. The average Bonchev–Trinajstić information content (AvgIpc) is 3.61. The Kier molecular flexibility index (Phi) is 9.28. The summed E-state index contributed by atoms with van der Waals surface area (Å²) in [4.78, 5) is 20.7. The minimum absolute atomic E-state index is 0.134. The van der Waals surface area contributed by atoms with E-state index in [1.165, 1.54) is 0 Å². The van der Waals surface area contributed by atoms with Gasteiger partial charge in [-0.3, -0.25) is 14.5 Å². The molecule has 200 valence electrons. The zero-order valence-electron chi connectivity index (χ0n) is 22.6. The monoisotopic (exact) mass is 533 g/mol. The van der Waals surface area contributed by atoms with Crippen molar-refractivity contribution in [1.29, 1.82) is 0 Å². The van der Waals surface area contributed by atoms with Crippen LogP contribution < -0.4 is 10.1 Å². The Morgan fingerprint density at radius 2 is 1.92 bits per heavy atom. The lowest BCUT2D eigenvalue weighted by Gasteiger charge is -2.18. The van der Waals surface area contributed by atoms with E-state index >= 15 is 0 Å². The molecular formula is C29H35N5O3S. The van der Waals surface area contributed by atoms with Crippen LogP contribution in [0, 0.1) is 6.92 Å². The van der Waals surface area contributed by atoms with E-state index in [1.54, 1.807) is 18.4 Å². The van der Waals surface area contributed by atoms with E-state index in [1.807, 2.05) is 74.9 Å². The van der Waals surface area contributed by atoms with Crippen LogP contribution in [0.1, 0.15) is 34.5 Å². The lowest BCUT2D eigenvalue weighted by molar-refractivity contribution is 0.0938. The molecule has 9 heteroatoms. The fourth-order valence-electron chi connectivity index (χ4n) is 4.03. The number of likely N-dealkylation sites (N-methyl/N-ethyl adjacent to an activating group) is 1. The fraction of sp³-hybridized carbons (Fsp3) is 0.345. The maximum Gasteiger partial charge on any atom is 0.252 e. The maximum absolute atomic E-state index is 13.3. The molecular weight excluding hydrogens is 498 g/mol. The molecule has 0 aliphatic rings. The number of nitrogens with zero attached hydrogens (tertiary/aromatic N) is 4. The Labute approximate surface area is 228 Å². The highest BCUT2D eigenvalue weighted by molar-refractivity contribution is 7.13. The Morgan fingerprint density at radius 3 is 2.66 bits per heavy atom. The highest BCUT2D eigenvalue weighted by Crippen LogP contribution is 2.32. The topological polar surface area (TPSA) is 81.5 Å². The number of ether oxygens (including phenoxy) is 2. The van der Waals surface area contributed by atoms with Crippen molar-refractivity contribution in [3.63, 3.8) is 0 Å². The third-order valence-corrected chi connectivity index (χ3v) is 7.09. The summed E-state index contributed by atoms with van der Waals surface area (Å²) in [5.41, 5.74) is 7.42. The molecule has 4 aromatic rings. The zero-order valence-corrected chi connectivity index (χ0v) is 23.4. The molecule has 8 nitrogen and oxygen atoms in total. The van der Waals surface area contributed by atoms with Crippen LogP contribution in [0.5, 0.6) is 5.75 Å². The summed E-state index contributed by atoms with van der Waals surface area (Å²) in [6.07, 6.45) is 5.74. The predicted octanol–water partition coefficient (Wildman–Crippen LogP) is 5.06. The van der Waals surface area contributed by atoms with E-state index in [-0.39, 0.29) is 11.9 Å². The zero-order chi connectivity index (χ0) is 27.1. The number of hydrogen-bond acceptors (Lipinski definition) is 7. The number of carbonyl (C=O) groups is 1. The number of benzene rings is 2. The molecule has 0 radical (unpaired) electrons. The van der Waals surface area contributed by atoms with Gasteiger partial charge >= 0.3 is 0 Å². The number of thiazole rings is 1. The molecule has 1 N–H and O–H groups in total. The van der Waals surface area contributed by atoms with Gasteiger partial charge in [0.1, 0.15) is 12.4 Å². The van der Waals surface area contributed by atoms with E-state index in [2.05, 4.69) is 38.5 Å². The molecule has 0 spiro atoms. The van der Waals surface area contributed by atoms with Crippen LogP contribution in [0.2, 0.25) is 0 Å². The lowest BCUT2D eigenvalue weighted by Crippen LogP contribution is -2.27. The summed E-state index contributed by atoms with van der Waals surface area (Å²) in [6.45, 7) is 6.58. The van der Waals surface area contributed by atoms with Gasteiger partial charge in [-0.05, 0) is 80.5 Å². The molecule has 0 bridgehead atoms. The molecule has 2 aromatic heterocycles. The molecule has 2 heterocycles. The highest BCUT2D eigenvalue weighted by Gasteiger charge is 2.17. The van der Waals surface area contributed by atoms with Gasteiger partial charge in [-0.2, -0.15) is 5.10 Å². The van der Waals surface area contributed by atoms with Gasteiger partial charge < -0.3 is 19.7 Å². The summed E-state index contributed by atoms with van der Waals surface area (Å²) in [5.74, 6) is 0.556. The first-order valence-corrected chi connectivity index (χ1v) is 13.5. The third kappa shape index (κ3) is 7.06. The second-order valence-corrected chi connectivity index (χ2v) is 10.4. The first kappa shape index (κ1) is 27.5. The largest absolute Gasteiger partial charge is 0.492 e. The second-order valence-electron chi connectivity index (χ2n) is 9.52. The minimum atomic E-state index is -0.227. The Morgan fingerprint density at radius 1 is 1.11 bits per heavy atom. The number of hydrogen-bond donors (Lipinski definition) is 1. The van der Waals surface area contributed by atoms with Crippen LogP contribution in [0.25, 0.3) is 21.6 Å². The number of carbonyl (C=O) groups excluding carboxylic acids is 1. The second kappa shape index (κ2) is 12.8. The van der Waals surface area contributed by atoms with Gasteiger partial charge in [-0.15, -0.1) is 11.3 Å². The van der Waals surface area contributed by atoms with Gasteiger partial charge in [0.25, 0.3) is 5.91 Å². The highest BCUT2D eigenvalue weighted by atomic mass is 32.1. The Hall–Kier alpha value is -3.53. The Balaban J connectivity index is 1.57. The van der Waals surface area contributed by atoms with E-state index < -0.39 is 0 Å². The van der Waals surface area contributed by atoms with Crippen LogP contribution >= 0.6 is 11.3 Å². The number of amides is 1. The van der Waals surface area contributed by atoms with Crippen molar-refractivity contribution in [2.45, 2.75) is 26.4 Å². The molecule has 0 saturated carbocycles. The van der Waals surface area contributed by atoms with Gasteiger partial charge in [0.05, 0.1) is 35.8 Å². The van der Waals surface area contributed by atoms with Crippen LogP contribution in [0.15, 0.2) is 60.5 Å².